The number of nitro groups is 1. The Labute approximate surface area is 134 Å². The zero-order valence-electron chi connectivity index (χ0n) is 12.1. The molecule has 0 spiro atoms. The van der Waals surface area contributed by atoms with E-state index in [0.29, 0.717) is 5.56 Å². The van der Waals surface area contributed by atoms with Crippen LogP contribution in [0.15, 0.2) is 48.5 Å². The first-order valence-electron chi connectivity index (χ1n) is 6.61. The summed E-state index contributed by atoms with van der Waals surface area (Å²) in [4.78, 5) is 22.0. The molecule has 2 rings (SSSR count). The molecular formula is C16H11F2NO5. The number of allylic oxidation sites excluding steroid dienone is 1. The summed E-state index contributed by atoms with van der Waals surface area (Å²) in [6.45, 7) is -3.00. The van der Waals surface area contributed by atoms with Gasteiger partial charge in [0.2, 0.25) is 0 Å². The average molecular weight is 335 g/mol. The van der Waals surface area contributed by atoms with Crippen LogP contribution in [0.5, 0.6) is 11.5 Å². The fraction of sp³-hybridized carbons (Fsp3) is 0.0625. The van der Waals surface area contributed by atoms with Gasteiger partial charge in [0.05, 0.1) is 4.92 Å². The molecule has 0 aliphatic carbocycles. The Morgan fingerprint density at radius 1 is 1.25 bits per heavy atom. The first-order chi connectivity index (χ1) is 11.4. The van der Waals surface area contributed by atoms with Gasteiger partial charge in [-0.05, 0) is 29.8 Å². The lowest BCUT2D eigenvalue weighted by Crippen LogP contribution is -2.03. The van der Waals surface area contributed by atoms with Crippen molar-refractivity contribution in [2.24, 2.45) is 0 Å². The highest BCUT2D eigenvalue weighted by molar-refractivity contribution is 6.07. The molecule has 0 bridgehead atoms. The maximum Gasteiger partial charge on any atom is 0.387 e. The number of aromatic hydroxyl groups is 1. The highest BCUT2D eigenvalue weighted by Gasteiger charge is 2.13. The Balaban J connectivity index is 2.19. The summed E-state index contributed by atoms with van der Waals surface area (Å²) in [5, 5.41) is 20.1. The van der Waals surface area contributed by atoms with E-state index in [0.717, 1.165) is 24.3 Å². The molecule has 0 aliphatic heterocycles. The summed E-state index contributed by atoms with van der Waals surface area (Å²) in [6.07, 6.45) is 2.45. The normalized spacial score (nSPS) is 11.0. The molecule has 0 atom stereocenters. The molecular weight excluding hydrogens is 324 g/mol. The maximum atomic E-state index is 12.2. The van der Waals surface area contributed by atoms with Crippen molar-refractivity contribution in [2.75, 3.05) is 0 Å². The molecule has 2 aromatic rings. The van der Waals surface area contributed by atoms with Gasteiger partial charge in [0, 0.05) is 11.6 Å². The minimum absolute atomic E-state index is 0.123. The molecule has 0 saturated carbocycles. The number of nitro benzene ring substituents is 1. The minimum Gasteiger partial charge on any atom is -0.502 e. The molecule has 2 aromatic carbocycles. The van der Waals surface area contributed by atoms with Crippen LogP contribution in [0.25, 0.3) is 6.08 Å². The third-order valence-electron chi connectivity index (χ3n) is 2.97. The molecule has 1 N–H and O–H groups in total. The SMILES string of the molecule is O=C(/C=C/c1ccc(O)c([N+](=O)[O-])c1)c1cccc(OC(F)F)c1. The lowest BCUT2D eigenvalue weighted by molar-refractivity contribution is -0.385. The van der Waals surface area contributed by atoms with Crippen LogP contribution in [0.4, 0.5) is 14.5 Å². The van der Waals surface area contributed by atoms with Crippen LogP contribution in [0.3, 0.4) is 0 Å². The fourth-order valence-electron chi connectivity index (χ4n) is 1.88. The van der Waals surface area contributed by atoms with Gasteiger partial charge in [-0.3, -0.25) is 14.9 Å². The first-order valence-corrected chi connectivity index (χ1v) is 6.61. The van der Waals surface area contributed by atoms with E-state index < -0.39 is 28.8 Å². The Morgan fingerprint density at radius 3 is 2.67 bits per heavy atom. The fourth-order valence-corrected chi connectivity index (χ4v) is 1.88. The summed E-state index contributed by atoms with van der Waals surface area (Å²) in [7, 11) is 0. The number of ketones is 1. The smallest absolute Gasteiger partial charge is 0.387 e. The number of phenolic OH excluding ortho intramolecular Hbond substituents is 1. The zero-order chi connectivity index (χ0) is 17.7. The number of rotatable bonds is 6. The van der Waals surface area contributed by atoms with Crippen LogP contribution in [-0.4, -0.2) is 22.4 Å². The molecule has 0 fully saturated rings. The third kappa shape index (κ3) is 4.35. The lowest BCUT2D eigenvalue weighted by Gasteiger charge is -2.05. The summed E-state index contributed by atoms with van der Waals surface area (Å²) >= 11 is 0. The minimum atomic E-state index is -3.00. The number of halogens is 2. The van der Waals surface area contributed by atoms with E-state index >= 15 is 0 Å². The summed E-state index contributed by atoms with van der Waals surface area (Å²) < 4.78 is 28.5. The molecule has 24 heavy (non-hydrogen) atoms. The predicted octanol–water partition coefficient (Wildman–Crippen LogP) is 3.80. The topological polar surface area (TPSA) is 89.7 Å². The molecule has 8 heteroatoms. The van der Waals surface area contributed by atoms with Crippen LogP contribution in [-0.2, 0) is 0 Å². The van der Waals surface area contributed by atoms with Crippen molar-refractivity contribution in [3.63, 3.8) is 0 Å². The Morgan fingerprint density at radius 2 is 2.00 bits per heavy atom. The summed E-state index contributed by atoms with van der Waals surface area (Å²) in [5.74, 6) is -1.13. The van der Waals surface area contributed by atoms with Crippen molar-refractivity contribution in [2.45, 2.75) is 6.61 Å². The van der Waals surface area contributed by atoms with Crippen molar-refractivity contribution >= 4 is 17.5 Å². The number of carbonyl (C=O) groups excluding carboxylic acids is 1. The summed E-state index contributed by atoms with van der Waals surface area (Å²) in [5.41, 5.74) is -0.0394. The van der Waals surface area contributed by atoms with E-state index in [1.54, 1.807) is 0 Å². The van der Waals surface area contributed by atoms with Gasteiger partial charge in [-0.2, -0.15) is 8.78 Å². The highest BCUT2D eigenvalue weighted by atomic mass is 19.3. The first kappa shape index (κ1) is 17.1. The molecule has 0 aromatic heterocycles. The van der Waals surface area contributed by atoms with E-state index in [1.165, 1.54) is 30.3 Å². The van der Waals surface area contributed by atoms with E-state index in [-0.39, 0.29) is 11.3 Å². The van der Waals surface area contributed by atoms with Crippen molar-refractivity contribution in [1.29, 1.82) is 0 Å². The van der Waals surface area contributed by atoms with Crippen molar-refractivity contribution < 1.29 is 28.3 Å². The van der Waals surface area contributed by atoms with Crippen LogP contribution in [0.2, 0.25) is 0 Å². The van der Waals surface area contributed by atoms with Crippen LogP contribution >= 0.6 is 0 Å². The van der Waals surface area contributed by atoms with Crippen molar-refractivity contribution in [1.82, 2.24) is 0 Å². The quantitative estimate of drug-likeness (QED) is 0.375. The molecule has 0 saturated heterocycles. The van der Waals surface area contributed by atoms with Crippen LogP contribution < -0.4 is 4.74 Å². The van der Waals surface area contributed by atoms with Gasteiger partial charge in [0.15, 0.2) is 11.5 Å². The molecule has 0 amide bonds. The molecule has 0 unspecified atom stereocenters. The van der Waals surface area contributed by atoms with Gasteiger partial charge < -0.3 is 9.84 Å². The molecule has 124 valence electrons. The van der Waals surface area contributed by atoms with Gasteiger partial charge in [-0.15, -0.1) is 0 Å². The van der Waals surface area contributed by atoms with Crippen molar-refractivity contribution in [3.05, 3.63) is 69.8 Å². The predicted molar refractivity (Wildman–Crippen MR) is 81.2 cm³/mol. The molecule has 0 heterocycles. The molecule has 6 nitrogen and oxygen atoms in total. The Kier molecular flexibility index (Phi) is 5.20. The zero-order valence-corrected chi connectivity index (χ0v) is 12.1. The number of hydrogen-bond acceptors (Lipinski definition) is 5. The number of carbonyl (C=O) groups is 1. The van der Waals surface area contributed by atoms with Crippen LogP contribution in [0, 0.1) is 10.1 Å². The van der Waals surface area contributed by atoms with E-state index in [2.05, 4.69) is 4.74 Å². The number of alkyl halides is 2. The monoisotopic (exact) mass is 335 g/mol. The van der Waals surface area contributed by atoms with Gasteiger partial charge in [0.1, 0.15) is 5.75 Å². The highest BCUT2D eigenvalue weighted by Crippen LogP contribution is 2.26. The average Bonchev–Trinajstić information content (AvgIpc) is 2.53. The van der Waals surface area contributed by atoms with Gasteiger partial charge in [-0.1, -0.05) is 24.3 Å². The standard InChI is InChI=1S/C16H11F2NO5/c17-16(18)24-12-3-1-2-11(9-12)14(20)6-4-10-5-7-15(21)13(8-10)19(22)23/h1-9,16,21H/b6-4+. The molecule has 0 aliphatic rings. The third-order valence-corrected chi connectivity index (χ3v) is 2.97. The number of benzene rings is 2. The largest absolute Gasteiger partial charge is 0.502 e. The van der Waals surface area contributed by atoms with Gasteiger partial charge in [-0.25, -0.2) is 0 Å². The number of ether oxygens (including phenoxy) is 1. The Hall–Kier alpha value is -3.29. The maximum absolute atomic E-state index is 12.2. The second-order valence-electron chi connectivity index (χ2n) is 4.61. The lowest BCUT2D eigenvalue weighted by atomic mass is 10.1. The van der Waals surface area contributed by atoms with E-state index in [1.807, 2.05) is 0 Å². The van der Waals surface area contributed by atoms with Gasteiger partial charge in [0.25, 0.3) is 0 Å². The number of phenols is 1. The molecule has 0 radical (unpaired) electrons. The van der Waals surface area contributed by atoms with Crippen molar-refractivity contribution in [3.8, 4) is 11.5 Å². The second kappa shape index (κ2) is 7.32. The van der Waals surface area contributed by atoms with E-state index in [9.17, 15) is 28.8 Å². The van der Waals surface area contributed by atoms with Crippen LogP contribution in [0.1, 0.15) is 15.9 Å². The number of nitrogens with zero attached hydrogens (tertiary/aromatic N) is 1. The van der Waals surface area contributed by atoms with E-state index in [4.69, 9.17) is 0 Å². The van der Waals surface area contributed by atoms with Gasteiger partial charge >= 0.3 is 12.3 Å². The Bertz CT molecular complexity index is 805. The second-order valence-corrected chi connectivity index (χ2v) is 4.61. The number of hydrogen-bond donors (Lipinski definition) is 1. The summed E-state index contributed by atoms with van der Waals surface area (Å²) in [6, 6.07) is 8.90.